The molecule has 0 bridgehead atoms. The van der Waals surface area contributed by atoms with E-state index in [9.17, 15) is 18.0 Å². The Hall–Kier alpha value is -2.71. The highest BCUT2D eigenvalue weighted by Gasteiger charge is 2.26. The van der Waals surface area contributed by atoms with Crippen LogP contribution in [0, 0.1) is 20.8 Å². The number of methoxy groups -OCH3 is 1. The number of anilines is 1. The summed E-state index contributed by atoms with van der Waals surface area (Å²) in [4.78, 5) is 24.5. The second-order valence-electron chi connectivity index (χ2n) is 6.60. The monoisotopic (exact) mass is 404 g/mol. The molecule has 7 nitrogen and oxygen atoms in total. The zero-order valence-corrected chi connectivity index (χ0v) is 17.3. The Bertz CT molecular complexity index is 992. The molecule has 1 unspecified atom stereocenters. The summed E-state index contributed by atoms with van der Waals surface area (Å²) < 4.78 is 32.7. The molecule has 28 heavy (non-hydrogen) atoms. The molecule has 150 valence electrons. The number of ether oxygens (including phenoxy) is 1. The fraction of sp³-hybridized carbons (Fsp3) is 0.300. The molecule has 1 amide bonds. The van der Waals surface area contributed by atoms with Gasteiger partial charge in [-0.15, -0.1) is 0 Å². The molecule has 2 aromatic rings. The van der Waals surface area contributed by atoms with Crippen LogP contribution in [0.4, 0.5) is 5.69 Å². The van der Waals surface area contributed by atoms with Crippen LogP contribution in [0.3, 0.4) is 0 Å². The van der Waals surface area contributed by atoms with Gasteiger partial charge in [0, 0.05) is 0 Å². The molecule has 2 rings (SSSR count). The molecule has 0 heterocycles. The first kappa shape index (κ1) is 21.6. The third-order valence-electron chi connectivity index (χ3n) is 4.19. The Labute approximate surface area is 165 Å². The molecule has 2 N–H and O–H groups in total. The van der Waals surface area contributed by atoms with Crippen molar-refractivity contribution in [3.63, 3.8) is 0 Å². The third-order valence-corrected chi connectivity index (χ3v) is 6.03. The molecule has 0 aliphatic heterocycles. The van der Waals surface area contributed by atoms with Crippen molar-refractivity contribution in [2.75, 3.05) is 12.4 Å². The minimum atomic E-state index is -3.91. The molecular weight excluding hydrogens is 380 g/mol. The van der Waals surface area contributed by atoms with Crippen molar-refractivity contribution in [3.05, 3.63) is 58.7 Å². The Morgan fingerprint density at radius 1 is 1.04 bits per heavy atom. The zero-order valence-electron chi connectivity index (χ0n) is 16.5. The highest BCUT2D eigenvalue weighted by atomic mass is 32.2. The Kier molecular flexibility index (Phi) is 6.58. The lowest BCUT2D eigenvalue weighted by molar-refractivity contribution is -0.117. The summed E-state index contributed by atoms with van der Waals surface area (Å²) in [5, 5.41) is 2.57. The molecule has 0 aromatic heterocycles. The van der Waals surface area contributed by atoms with Crippen molar-refractivity contribution in [2.24, 2.45) is 0 Å². The number of hydrogen-bond donors (Lipinski definition) is 2. The van der Waals surface area contributed by atoms with Crippen LogP contribution in [0.5, 0.6) is 0 Å². The number of amides is 1. The van der Waals surface area contributed by atoms with Gasteiger partial charge in [-0.1, -0.05) is 29.8 Å². The van der Waals surface area contributed by atoms with Crippen LogP contribution in [-0.4, -0.2) is 33.4 Å². The molecule has 0 saturated carbocycles. The maximum absolute atomic E-state index is 12.8. The molecule has 2 aromatic carbocycles. The lowest BCUT2D eigenvalue weighted by Crippen LogP contribution is -2.42. The summed E-state index contributed by atoms with van der Waals surface area (Å²) in [6.45, 7) is 6.75. The average molecular weight is 404 g/mol. The average Bonchev–Trinajstić information content (AvgIpc) is 2.59. The quantitative estimate of drug-likeness (QED) is 0.721. The number of nitrogens with one attached hydrogen (secondary N) is 2. The van der Waals surface area contributed by atoms with Gasteiger partial charge in [-0.2, -0.15) is 4.72 Å². The van der Waals surface area contributed by atoms with Gasteiger partial charge in [-0.25, -0.2) is 13.2 Å². The second-order valence-corrected chi connectivity index (χ2v) is 8.25. The lowest BCUT2D eigenvalue weighted by atomic mass is 10.1. The van der Waals surface area contributed by atoms with Gasteiger partial charge >= 0.3 is 5.97 Å². The van der Waals surface area contributed by atoms with E-state index < -0.39 is 27.9 Å². The van der Waals surface area contributed by atoms with Gasteiger partial charge in [0.15, 0.2) is 0 Å². The van der Waals surface area contributed by atoms with Gasteiger partial charge in [0.2, 0.25) is 15.9 Å². The number of benzene rings is 2. The van der Waals surface area contributed by atoms with Crippen LogP contribution >= 0.6 is 0 Å². The van der Waals surface area contributed by atoms with Gasteiger partial charge in [0.05, 0.1) is 29.3 Å². The van der Waals surface area contributed by atoms with Crippen molar-refractivity contribution >= 4 is 27.6 Å². The van der Waals surface area contributed by atoms with Crippen molar-refractivity contribution in [3.8, 4) is 0 Å². The minimum absolute atomic E-state index is 0.160. The van der Waals surface area contributed by atoms with E-state index in [1.54, 1.807) is 44.2 Å². The number of aryl methyl sites for hydroxylation is 3. The first-order valence-corrected chi connectivity index (χ1v) is 10.1. The van der Waals surface area contributed by atoms with Crippen molar-refractivity contribution in [1.29, 1.82) is 0 Å². The zero-order chi connectivity index (χ0) is 21.1. The predicted octanol–water partition coefficient (Wildman–Crippen LogP) is 2.70. The fourth-order valence-corrected chi connectivity index (χ4v) is 4.71. The maximum atomic E-state index is 12.8. The Morgan fingerprint density at radius 3 is 2.18 bits per heavy atom. The smallest absolute Gasteiger partial charge is 0.339 e. The van der Waals surface area contributed by atoms with E-state index in [1.165, 1.54) is 20.1 Å². The van der Waals surface area contributed by atoms with E-state index in [0.29, 0.717) is 11.1 Å². The lowest BCUT2D eigenvalue weighted by Gasteiger charge is -2.18. The van der Waals surface area contributed by atoms with Crippen LogP contribution < -0.4 is 10.0 Å². The molecule has 0 aliphatic rings. The summed E-state index contributed by atoms with van der Waals surface area (Å²) >= 11 is 0. The topological polar surface area (TPSA) is 102 Å². The SMILES string of the molecule is COC(=O)c1ccccc1NC(=O)C(C)NS(=O)(=O)c1c(C)cc(C)cc1C. The number of esters is 1. The predicted molar refractivity (Wildman–Crippen MR) is 107 cm³/mol. The van der Waals surface area contributed by atoms with Gasteiger partial charge in [-0.05, 0) is 51.0 Å². The molecule has 0 spiro atoms. The summed E-state index contributed by atoms with van der Waals surface area (Å²) in [6.07, 6.45) is 0. The maximum Gasteiger partial charge on any atom is 0.339 e. The number of hydrogen-bond acceptors (Lipinski definition) is 5. The second kappa shape index (κ2) is 8.53. The van der Waals surface area contributed by atoms with E-state index in [0.717, 1.165) is 5.56 Å². The molecule has 0 aliphatic carbocycles. The van der Waals surface area contributed by atoms with Crippen molar-refractivity contribution in [2.45, 2.75) is 38.6 Å². The van der Waals surface area contributed by atoms with Gasteiger partial charge in [-0.3, -0.25) is 4.79 Å². The Balaban J connectivity index is 2.23. The molecule has 0 saturated heterocycles. The summed E-state index contributed by atoms with van der Waals surface area (Å²) in [6, 6.07) is 8.83. The molecule has 0 fully saturated rings. The minimum Gasteiger partial charge on any atom is -0.465 e. The largest absolute Gasteiger partial charge is 0.465 e. The summed E-state index contributed by atoms with van der Waals surface area (Å²) in [5.41, 5.74) is 2.59. The highest BCUT2D eigenvalue weighted by molar-refractivity contribution is 7.89. The normalized spacial score (nSPS) is 12.3. The standard InChI is InChI=1S/C20H24N2O5S/c1-12-10-13(2)18(14(3)11-12)28(25,26)22-15(4)19(23)21-17-9-7-6-8-16(17)20(24)27-5/h6-11,15,22H,1-5H3,(H,21,23). The fourth-order valence-electron chi connectivity index (χ4n) is 3.06. The van der Waals surface area contributed by atoms with E-state index in [-0.39, 0.29) is 16.1 Å². The molecule has 8 heteroatoms. The van der Waals surface area contributed by atoms with Gasteiger partial charge in [0.25, 0.3) is 0 Å². The van der Waals surface area contributed by atoms with Crippen molar-refractivity contribution in [1.82, 2.24) is 4.72 Å². The molecule has 0 radical (unpaired) electrons. The van der Waals surface area contributed by atoms with Crippen LogP contribution in [0.15, 0.2) is 41.3 Å². The molecule has 1 atom stereocenters. The first-order valence-electron chi connectivity index (χ1n) is 8.65. The van der Waals surface area contributed by atoms with Gasteiger partial charge in [0.1, 0.15) is 0 Å². The third kappa shape index (κ3) is 4.76. The number of carbonyl (C=O) groups excluding carboxylic acids is 2. The Morgan fingerprint density at radius 2 is 1.61 bits per heavy atom. The van der Waals surface area contributed by atoms with Crippen LogP contribution in [0.2, 0.25) is 0 Å². The van der Waals surface area contributed by atoms with Crippen molar-refractivity contribution < 1.29 is 22.7 Å². The summed E-state index contributed by atoms with van der Waals surface area (Å²) in [7, 11) is -2.67. The van der Waals surface area contributed by atoms with E-state index in [2.05, 4.69) is 10.0 Å². The van der Waals surface area contributed by atoms with Gasteiger partial charge < -0.3 is 10.1 Å². The van der Waals surface area contributed by atoms with Crippen LogP contribution in [0.25, 0.3) is 0 Å². The summed E-state index contributed by atoms with van der Waals surface area (Å²) in [5.74, 6) is -1.20. The first-order chi connectivity index (χ1) is 13.1. The van der Waals surface area contributed by atoms with E-state index in [4.69, 9.17) is 4.74 Å². The number of para-hydroxylation sites is 1. The number of rotatable bonds is 6. The van der Waals surface area contributed by atoms with Crippen LogP contribution in [-0.2, 0) is 19.6 Å². The van der Waals surface area contributed by atoms with E-state index in [1.807, 2.05) is 6.92 Å². The number of carbonyl (C=O) groups is 2. The van der Waals surface area contributed by atoms with E-state index >= 15 is 0 Å². The molecular formula is C20H24N2O5S. The van der Waals surface area contributed by atoms with Crippen LogP contribution in [0.1, 0.15) is 34.0 Å². The highest BCUT2D eigenvalue weighted by Crippen LogP contribution is 2.22. The number of sulfonamides is 1.